The summed E-state index contributed by atoms with van der Waals surface area (Å²) in [6, 6.07) is 8.91. The summed E-state index contributed by atoms with van der Waals surface area (Å²) >= 11 is 0. The fraction of sp³-hybridized carbons (Fsp3) is 0.677. The number of anilines is 1. The molecule has 5 aliphatic rings. The zero-order valence-corrected chi connectivity index (χ0v) is 22.3. The molecule has 0 radical (unpaired) electrons. The fourth-order valence-electron chi connectivity index (χ4n) is 8.73. The summed E-state index contributed by atoms with van der Waals surface area (Å²) in [6.45, 7) is 5.36. The Bertz CT molecular complexity index is 1120. The second-order valence-corrected chi connectivity index (χ2v) is 12.4. The van der Waals surface area contributed by atoms with Gasteiger partial charge in [-0.05, 0) is 80.6 Å². The monoisotopic (exact) mass is 491 g/mol. The molecule has 1 aromatic carbocycles. The van der Waals surface area contributed by atoms with E-state index >= 15 is 0 Å². The minimum atomic E-state index is -0.958. The molecule has 0 aromatic heterocycles. The summed E-state index contributed by atoms with van der Waals surface area (Å²) in [5, 5.41) is 24.0. The van der Waals surface area contributed by atoms with Gasteiger partial charge in [-0.15, -0.1) is 5.92 Å². The highest BCUT2D eigenvalue weighted by atomic mass is 16.7. The van der Waals surface area contributed by atoms with Crippen LogP contribution in [-0.4, -0.2) is 54.5 Å². The van der Waals surface area contributed by atoms with Crippen LogP contribution in [0.4, 0.5) is 5.69 Å². The van der Waals surface area contributed by atoms with Crippen LogP contribution < -0.4 is 4.90 Å². The molecule has 2 N–H and O–H groups in total. The minimum Gasteiger partial charge on any atom is -0.385 e. The van der Waals surface area contributed by atoms with E-state index < -0.39 is 17.0 Å². The number of hydrogen-bond donors (Lipinski definition) is 2. The molecule has 0 bridgehead atoms. The average molecular weight is 492 g/mol. The summed E-state index contributed by atoms with van der Waals surface area (Å²) < 4.78 is 12.1. The largest absolute Gasteiger partial charge is 0.385 e. The highest BCUT2D eigenvalue weighted by Crippen LogP contribution is 2.67. The van der Waals surface area contributed by atoms with Gasteiger partial charge in [0.15, 0.2) is 5.79 Å². The molecule has 1 aliphatic heterocycles. The summed E-state index contributed by atoms with van der Waals surface area (Å²) in [4.78, 5) is 2.13. The van der Waals surface area contributed by atoms with E-state index in [4.69, 9.17) is 9.47 Å². The Hall–Kier alpha value is -1.84. The van der Waals surface area contributed by atoms with Crippen molar-refractivity contribution in [3.05, 3.63) is 41.0 Å². The van der Waals surface area contributed by atoms with E-state index in [1.165, 1.54) is 22.4 Å². The standard InChI is InChI=1S/C31H41NO4/c1-5-13-30(34)15-11-25-23-10-14-29(33)20-31(35-17-18-36-31)16-12-26(29)27(23)24(19-28(25,30)2)21-6-8-22(9-7-21)32(3)4/h6-9,23-25,33-34H,10-12,14-20H2,1-4H3/t23-,24-,25+,28-,29+,30-/m0/s1. The Kier molecular flexibility index (Phi) is 5.67. The lowest BCUT2D eigenvalue weighted by atomic mass is 9.49. The lowest BCUT2D eigenvalue weighted by molar-refractivity contribution is -0.208. The van der Waals surface area contributed by atoms with Crippen LogP contribution >= 0.6 is 0 Å². The molecule has 1 aromatic rings. The SMILES string of the molecule is CC#C[C@]1(O)CC[C@@H]2[C@@H]3CC[C@@]4(O)CC5(CCC4=C3[C@H](c3ccc(N(C)C)cc3)C[C@@]21C)OCCO5. The molecule has 4 fully saturated rings. The first kappa shape index (κ1) is 24.5. The maximum atomic E-state index is 12.1. The van der Waals surface area contributed by atoms with Gasteiger partial charge in [0.2, 0.25) is 0 Å². The van der Waals surface area contributed by atoms with E-state index in [1.807, 2.05) is 6.92 Å². The molecule has 194 valence electrons. The van der Waals surface area contributed by atoms with Crippen LogP contribution in [0.1, 0.15) is 76.7 Å². The Morgan fingerprint density at radius 3 is 2.39 bits per heavy atom. The molecule has 6 atom stereocenters. The lowest BCUT2D eigenvalue weighted by Gasteiger charge is -2.57. The van der Waals surface area contributed by atoms with E-state index in [-0.39, 0.29) is 11.3 Å². The number of nitrogens with zero attached hydrogens (tertiary/aromatic N) is 1. The van der Waals surface area contributed by atoms with Gasteiger partial charge in [-0.1, -0.05) is 30.6 Å². The first-order chi connectivity index (χ1) is 17.1. The number of allylic oxidation sites excluding steroid dienone is 1. The van der Waals surface area contributed by atoms with Crippen molar-refractivity contribution in [1.82, 2.24) is 0 Å². The molecule has 4 aliphatic carbocycles. The van der Waals surface area contributed by atoms with E-state index in [1.54, 1.807) is 0 Å². The Labute approximate surface area is 215 Å². The van der Waals surface area contributed by atoms with Gasteiger partial charge < -0.3 is 24.6 Å². The highest BCUT2D eigenvalue weighted by Gasteiger charge is 2.64. The molecular weight excluding hydrogens is 450 g/mol. The van der Waals surface area contributed by atoms with Crippen molar-refractivity contribution in [1.29, 1.82) is 0 Å². The number of benzene rings is 1. The molecule has 3 saturated carbocycles. The molecule has 1 spiro atoms. The van der Waals surface area contributed by atoms with Crippen LogP contribution in [0.25, 0.3) is 0 Å². The van der Waals surface area contributed by atoms with Gasteiger partial charge in [-0.2, -0.15) is 0 Å². The van der Waals surface area contributed by atoms with Crippen molar-refractivity contribution in [3.63, 3.8) is 0 Å². The molecule has 5 heteroatoms. The number of ether oxygens (including phenoxy) is 2. The van der Waals surface area contributed by atoms with Gasteiger partial charge >= 0.3 is 0 Å². The molecular formula is C31H41NO4. The minimum absolute atomic E-state index is 0.164. The lowest BCUT2D eigenvalue weighted by Crippen LogP contribution is -2.55. The molecule has 0 unspecified atom stereocenters. The maximum absolute atomic E-state index is 12.1. The third-order valence-corrected chi connectivity index (χ3v) is 10.5. The second kappa shape index (κ2) is 8.33. The molecule has 0 amide bonds. The van der Waals surface area contributed by atoms with E-state index in [2.05, 4.69) is 62.0 Å². The molecule has 5 nitrogen and oxygen atoms in total. The number of fused-ring (bicyclic) bond motifs is 4. The van der Waals surface area contributed by atoms with Gasteiger partial charge in [-0.3, -0.25) is 0 Å². The van der Waals surface area contributed by atoms with Gasteiger partial charge in [0.1, 0.15) is 5.60 Å². The third kappa shape index (κ3) is 3.45. The van der Waals surface area contributed by atoms with E-state index in [0.29, 0.717) is 31.5 Å². The van der Waals surface area contributed by atoms with Crippen LogP contribution in [0.3, 0.4) is 0 Å². The maximum Gasteiger partial charge on any atom is 0.171 e. The van der Waals surface area contributed by atoms with Crippen molar-refractivity contribution < 1.29 is 19.7 Å². The van der Waals surface area contributed by atoms with Crippen molar-refractivity contribution in [2.24, 2.45) is 17.3 Å². The van der Waals surface area contributed by atoms with Crippen LogP contribution in [0.2, 0.25) is 0 Å². The Morgan fingerprint density at radius 2 is 1.72 bits per heavy atom. The predicted molar refractivity (Wildman–Crippen MR) is 141 cm³/mol. The molecule has 1 saturated heterocycles. The van der Waals surface area contributed by atoms with Crippen molar-refractivity contribution in [2.45, 2.75) is 88.1 Å². The first-order valence-electron chi connectivity index (χ1n) is 13.8. The van der Waals surface area contributed by atoms with Crippen LogP contribution in [-0.2, 0) is 9.47 Å². The summed E-state index contributed by atoms with van der Waals surface area (Å²) in [5.74, 6) is 6.58. The number of aliphatic hydroxyl groups is 2. The number of hydrogen-bond acceptors (Lipinski definition) is 5. The average Bonchev–Trinajstić information content (AvgIpc) is 3.40. The van der Waals surface area contributed by atoms with E-state index in [9.17, 15) is 10.2 Å². The Morgan fingerprint density at radius 1 is 1.00 bits per heavy atom. The normalized spacial score (nSPS) is 40.8. The van der Waals surface area contributed by atoms with Gasteiger partial charge in [0.25, 0.3) is 0 Å². The van der Waals surface area contributed by atoms with Gasteiger partial charge in [-0.25, -0.2) is 0 Å². The van der Waals surface area contributed by atoms with Crippen LogP contribution in [0.15, 0.2) is 35.4 Å². The molecule has 6 rings (SSSR count). The first-order valence-corrected chi connectivity index (χ1v) is 13.8. The molecule has 36 heavy (non-hydrogen) atoms. The molecule has 1 heterocycles. The van der Waals surface area contributed by atoms with Crippen molar-refractivity contribution in [3.8, 4) is 11.8 Å². The topological polar surface area (TPSA) is 62.2 Å². The van der Waals surface area contributed by atoms with Crippen molar-refractivity contribution in [2.75, 3.05) is 32.2 Å². The van der Waals surface area contributed by atoms with E-state index in [0.717, 1.165) is 44.9 Å². The fourth-order valence-corrected chi connectivity index (χ4v) is 8.73. The van der Waals surface area contributed by atoms with Crippen LogP contribution in [0.5, 0.6) is 0 Å². The zero-order valence-electron chi connectivity index (χ0n) is 22.3. The highest BCUT2D eigenvalue weighted by molar-refractivity contribution is 5.50. The second-order valence-electron chi connectivity index (χ2n) is 12.4. The smallest absolute Gasteiger partial charge is 0.171 e. The van der Waals surface area contributed by atoms with Crippen molar-refractivity contribution >= 4 is 5.69 Å². The number of rotatable bonds is 2. The summed E-state index contributed by atoms with van der Waals surface area (Å²) in [5.41, 5.74) is 3.04. The van der Waals surface area contributed by atoms with Gasteiger partial charge in [0, 0.05) is 44.0 Å². The van der Waals surface area contributed by atoms with Crippen LogP contribution in [0, 0.1) is 29.1 Å². The predicted octanol–water partition coefficient (Wildman–Crippen LogP) is 4.78. The summed E-state index contributed by atoms with van der Waals surface area (Å²) in [7, 11) is 4.13. The third-order valence-electron chi connectivity index (χ3n) is 10.5. The summed E-state index contributed by atoms with van der Waals surface area (Å²) in [6.07, 6.45) is 6.41. The Balaban J connectivity index is 1.48. The quantitative estimate of drug-likeness (QED) is 0.461. The van der Waals surface area contributed by atoms with Gasteiger partial charge in [0.05, 0.1) is 18.8 Å². The zero-order chi connectivity index (χ0) is 25.3.